The molecule has 2 unspecified atom stereocenters. The van der Waals surface area contributed by atoms with Crippen molar-refractivity contribution in [3.05, 3.63) is 22.1 Å². The molecule has 0 amide bonds. The Hall–Kier alpha value is -0.810. The van der Waals surface area contributed by atoms with E-state index in [2.05, 4.69) is 29.1 Å². The maximum absolute atomic E-state index is 11.6. The van der Waals surface area contributed by atoms with E-state index in [1.54, 1.807) is 17.8 Å². The number of nitrogens with zero attached hydrogens (tertiary/aromatic N) is 1. The monoisotopic (exact) mass is 295 g/mol. The number of thioether (sulfide) groups is 1. The fourth-order valence-electron chi connectivity index (χ4n) is 2.66. The number of H-pyrrole nitrogens is 1. The highest BCUT2D eigenvalue weighted by atomic mass is 32.2. The van der Waals surface area contributed by atoms with Crippen LogP contribution in [0.5, 0.6) is 0 Å². The summed E-state index contributed by atoms with van der Waals surface area (Å²) in [5.41, 5.74) is 0.891. The lowest BCUT2D eigenvalue weighted by Gasteiger charge is -2.12. The van der Waals surface area contributed by atoms with Crippen molar-refractivity contribution in [2.45, 2.75) is 68.8 Å². The molecule has 1 aromatic rings. The molecule has 0 radical (unpaired) electrons. The summed E-state index contributed by atoms with van der Waals surface area (Å²) in [5, 5.41) is 4.95. The molecule has 0 spiro atoms. The van der Waals surface area contributed by atoms with Crippen molar-refractivity contribution < 1.29 is 0 Å². The molecule has 0 aromatic carbocycles. The van der Waals surface area contributed by atoms with E-state index in [9.17, 15) is 4.79 Å². The van der Waals surface area contributed by atoms with E-state index >= 15 is 0 Å². The number of aryl methyl sites for hydroxylation is 1. The van der Waals surface area contributed by atoms with Crippen LogP contribution in [0.15, 0.2) is 16.0 Å². The van der Waals surface area contributed by atoms with E-state index in [1.807, 2.05) is 0 Å². The van der Waals surface area contributed by atoms with Crippen LogP contribution >= 0.6 is 11.8 Å². The average Bonchev–Trinajstić information content (AvgIpc) is 2.83. The first-order valence-electron chi connectivity index (χ1n) is 7.71. The maximum atomic E-state index is 11.6. The van der Waals surface area contributed by atoms with Crippen LogP contribution in [0.3, 0.4) is 0 Å². The van der Waals surface area contributed by atoms with Gasteiger partial charge in [0.15, 0.2) is 5.16 Å². The van der Waals surface area contributed by atoms with E-state index in [4.69, 9.17) is 0 Å². The SMILES string of the molecule is CCCNC1CCC(Sc2nc(CCC)cc(=O)[nH]2)C1. The van der Waals surface area contributed by atoms with E-state index in [0.717, 1.165) is 30.2 Å². The summed E-state index contributed by atoms with van der Waals surface area (Å²) in [4.78, 5) is 19.1. The van der Waals surface area contributed by atoms with Gasteiger partial charge in [-0.05, 0) is 38.6 Å². The predicted octanol–water partition coefficient (Wildman–Crippen LogP) is 2.74. The first-order chi connectivity index (χ1) is 9.71. The van der Waals surface area contributed by atoms with Crippen LogP contribution in [0.2, 0.25) is 0 Å². The third-order valence-corrected chi connectivity index (χ3v) is 4.80. The van der Waals surface area contributed by atoms with Crippen LogP contribution in [0, 0.1) is 0 Å². The normalized spacial score (nSPS) is 22.3. The third-order valence-electron chi connectivity index (χ3n) is 3.62. The smallest absolute Gasteiger partial charge is 0.251 e. The van der Waals surface area contributed by atoms with Crippen molar-refractivity contribution in [3.8, 4) is 0 Å². The lowest BCUT2D eigenvalue weighted by molar-refractivity contribution is 0.524. The van der Waals surface area contributed by atoms with Crippen LogP contribution in [0.25, 0.3) is 0 Å². The topological polar surface area (TPSA) is 57.8 Å². The van der Waals surface area contributed by atoms with Gasteiger partial charge in [0.1, 0.15) is 0 Å². The highest BCUT2D eigenvalue weighted by molar-refractivity contribution is 7.99. The molecule has 0 saturated heterocycles. The minimum Gasteiger partial charge on any atom is -0.314 e. The van der Waals surface area contributed by atoms with Crippen LogP contribution < -0.4 is 10.9 Å². The lowest BCUT2D eigenvalue weighted by Crippen LogP contribution is -2.27. The summed E-state index contributed by atoms with van der Waals surface area (Å²) < 4.78 is 0. The van der Waals surface area contributed by atoms with Gasteiger partial charge in [-0.25, -0.2) is 4.98 Å². The molecule has 0 bridgehead atoms. The Morgan fingerprint density at radius 1 is 1.40 bits per heavy atom. The second-order valence-corrected chi connectivity index (χ2v) is 6.78. The highest BCUT2D eigenvalue weighted by Gasteiger charge is 2.25. The summed E-state index contributed by atoms with van der Waals surface area (Å²) >= 11 is 1.74. The minimum atomic E-state index is -0.0235. The minimum absolute atomic E-state index is 0.0235. The van der Waals surface area contributed by atoms with Crippen molar-refractivity contribution in [1.29, 1.82) is 0 Å². The quantitative estimate of drug-likeness (QED) is 0.759. The molecule has 1 heterocycles. The van der Waals surface area contributed by atoms with E-state index in [1.165, 1.54) is 25.7 Å². The molecule has 0 aliphatic heterocycles. The Bertz CT molecular complexity index is 474. The van der Waals surface area contributed by atoms with Gasteiger partial charge in [0.05, 0.1) is 0 Å². The largest absolute Gasteiger partial charge is 0.314 e. The standard InChI is InChI=1S/C15H25N3OS/c1-3-5-12-10-14(19)18-15(17-12)20-13-7-6-11(9-13)16-8-4-2/h10-11,13,16H,3-9H2,1-2H3,(H,17,18,19). The molecule has 1 saturated carbocycles. The second kappa shape index (κ2) is 7.84. The van der Waals surface area contributed by atoms with Gasteiger partial charge < -0.3 is 10.3 Å². The molecule has 20 heavy (non-hydrogen) atoms. The van der Waals surface area contributed by atoms with Gasteiger partial charge >= 0.3 is 0 Å². The average molecular weight is 295 g/mol. The summed E-state index contributed by atoms with van der Waals surface area (Å²) in [6, 6.07) is 2.26. The molecule has 112 valence electrons. The Kier molecular flexibility index (Phi) is 6.10. The summed E-state index contributed by atoms with van der Waals surface area (Å²) in [6.07, 6.45) is 6.69. The number of hydrogen-bond acceptors (Lipinski definition) is 4. The van der Waals surface area contributed by atoms with Gasteiger partial charge in [-0.15, -0.1) is 0 Å². The highest BCUT2D eigenvalue weighted by Crippen LogP contribution is 2.33. The van der Waals surface area contributed by atoms with Crippen molar-refractivity contribution >= 4 is 11.8 Å². The van der Waals surface area contributed by atoms with E-state index in [-0.39, 0.29) is 5.56 Å². The van der Waals surface area contributed by atoms with Crippen molar-refractivity contribution in [3.63, 3.8) is 0 Å². The number of rotatable bonds is 7. The van der Waals surface area contributed by atoms with Gasteiger partial charge in [-0.2, -0.15) is 0 Å². The fraction of sp³-hybridized carbons (Fsp3) is 0.733. The number of nitrogens with one attached hydrogen (secondary N) is 2. The molecule has 2 rings (SSSR count). The third kappa shape index (κ3) is 4.63. The zero-order valence-electron chi connectivity index (χ0n) is 12.4. The zero-order chi connectivity index (χ0) is 14.4. The number of aromatic amines is 1. The first kappa shape index (κ1) is 15.6. The Morgan fingerprint density at radius 3 is 3.00 bits per heavy atom. The van der Waals surface area contributed by atoms with Crippen molar-refractivity contribution in [2.24, 2.45) is 0 Å². The van der Waals surface area contributed by atoms with E-state index < -0.39 is 0 Å². The summed E-state index contributed by atoms with van der Waals surface area (Å²) in [7, 11) is 0. The first-order valence-corrected chi connectivity index (χ1v) is 8.59. The van der Waals surface area contributed by atoms with Crippen molar-refractivity contribution in [2.75, 3.05) is 6.54 Å². The molecule has 1 fully saturated rings. The molecule has 1 aromatic heterocycles. The molecule has 5 heteroatoms. The van der Waals surface area contributed by atoms with Gasteiger partial charge in [-0.1, -0.05) is 32.0 Å². The molecular weight excluding hydrogens is 270 g/mol. The molecular formula is C15H25N3OS. The van der Waals surface area contributed by atoms with Crippen LogP contribution in [-0.2, 0) is 6.42 Å². The molecule has 1 aliphatic carbocycles. The molecule has 2 N–H and O–H groups in total. The number of aromatic nitrogens is 2. The van der Waals surface area contributed by atoms with Crippen molar-refractivity contribution in [1.82, 2.24) is 15.3 Å². The second-order valence-electron chi connectivity index (χ2n) is 5.50. The summed E-state index contributed by atoms with van der Waals surface area (Å²) in [6.45, 7) is 5.40. The fourth-order valence-corrected chi connectivity index (χ4v) is 3.89. The Balaban J connectivity index is 1.92. The maximum Gasteiger partial charge on any atom is 0.251 e. The van der Waals surface area contributed by atoms with Gasteiger partial charge in [-0.3, -0.25) is 4.79 Å². The zero-order valence-corrected chi connectivity index (χ0v) is 13.3. The lowest BCUT2D eigenvalue weighted by atomic mass is 10.2. The van der Waals surface area contributed by atoms with Crippen LogP contribution in [0.1, 0.15) is 51.6 Å². The van der Waals surface area contributed by atoms with Gasteiger partial charge in [0, 0.05) is 23.1 Å². The molecule has 1 aliphatic rings. The molecule has 4 nitrogen and oxygen atoms in total. The molecule has 2 atom stereocenters. The van der Waals surface area contributed by atoms with E-state index in [0.29, 0.717) is 11.3 Å². The summed E-state index contributed by atoms with van der Waals surface area (Å²) in [5.74, 6) is 0. The Labute approximate surface area is 125 Å². The van der Waals surface area contributed by atoms with Gasteiger partial charge in [0.25, 0.3) is 5.56 Å². The van der Waals surface area contributed by atoms with Crippen LogP contribution in [0.4, 0.5) is 0 Å². The predicted molar refractivity (Wildman–Crippen MR) is 84.4 cm³/mol. The van der Waals surface area contributed by atoms with Gasteiger partial charge in [0.2, 0.25) is 0 Å². The van der Waals surface area contributed by atoms with Crippen LogP contribution in [-0.4, -0.2) is 27.8 Å². The Morgan fingerprint density at radius 2 is 2.25 bits per heavy atom. The number of hydrogen-bond donors (Lipinski definition) is 2.